The summed E-state index contributed by atoms with van der Waals surface area (Å²) in [5.41, 5.74) is -1.17. The molecule has 192 valence electrons. The summed E-state index contributed by atoms with van der Waals surface area (Å²) in [5, 5.41) is 69.2. The van der Waals surface area contributed by atoms with Crippen LogP contribution in [-0.4, -0.2) is 90.7 Å². The third-order valence-corrected chi connectivity index (χ3v) is 5.85. The van der Waals surface area contributed by atoms with Gasteiger partial charge in [0.25, 0.3) is 0 Å². The van der Waals surface area contributed by atoms with E-state index in [2.05, 4.69) is 0 Å². The molecule has 2 aromatic carbocycles. The van der Waals surface area contributed by atoms with Crippen LogP contribution in [0.5, 0.6) is 11.5 Å². The molecule has 0 unspecified atom stereocenters. The number of benzene rings is 2. The first-order chi connectivity index (χ1) is 16.5. The number of rotatable bonds is 9. The summed E-state index contributed by atoms with van der Waals surface area (Å²) in [6, 6.07) is 11.9. The fraction of sp³-hybridized carbons (Fsp3) is 0.458. The van der Waals surface area contributed by atoms with Crippen LogP contribution in [0.4, 0.5) is 0 Å². The van der Waals surface area contributed by atoms with Crippen LogP contribution in [0.2, 0.25) is 0 Å². The minimum atomic E-state index is -2.21. The van der Waals surface area contributed by atoms with E-state index in [0.29, 0.717) is 11.1 Å². The molecular weight excluding hydrogens is 464 g/mol. The predicted octanol–water partition coefficient (Wildman–Crippen LogP) is -1.03. The van der Waals surface area contributed by atoms with E-state index < -0.39 is 55.0 Å². The van der Waals surface area contributed by atoms with Crippen molar-refractivity contribution in [3.05, 3.63) is 59.7 Å². The predicted molar refractivity (Wildman–Crippen MR) is 119 cm³/mol. The number of hydrogen-bond acceptors (Lipinski definition) is 11. The molecule has 1 aliphatic heterocycles. The molecule has 11 heteroatoms. The number of phenolic OH excluding ortho intramolecular Hbond substituents is 1. The van der Waals surface area contributed by atoms with Crippen molar-refractivity contribution in [1.29, 1.82) is 0 Å². The molecule has 7 N–H and O–H groups in total. The highest BCUT2D eigenvalue weighted by Crippen LogP contribution is 2.25. The molecule has 1 saturated heterocycles. The van der Waals surface area contributed by atoms with Crippen LogP contribution in [0, 0.1) is 0 Å². The molecule has 0 bridgehead atoms. The molecule has 3 rings (SSSR count). The van der Waals surface area contributed by atoms with Crippen LogP contribution >= 0.6 is 0 Å². The van der Waals surface area contributed by atoms with Crippen molar-refractivity contribution < 1.29 is 54.8 Å². The number of carbonyl (C=O) groups is 1. The Labute approximate surface area is 201 Å². The fourth-order valence-electron chi connectivity index (χ4n) is 3.55. The number of phenols is 1. The Balaban J connectivity index is 1.59. The van der Waals surface area contributed by atoms with E-state index in [1.165, 1.54) is 43.3 Å². The Hall–Kier alpha value is -2.77. The Morgan fingerprint density at radius 1 is 1.00 bits per heavy atom. The van der Waals surface area contributed by atoms with Gasteiger partial charge < -0.3 is 50.0 Å². The maximum atomic E-state index is 12.6. The van der Waals surface area contributed by atoms with Gasteiger partial charge in [0, 0.05) is 6.42 Å². The molecule has 2 aromatic rings. The highest BCUT2D eigenvalue weighted by atomic mass is 16.7. The minimum Gasteiger partial charge on any atom is -0.508 e. The SMILES string of the molecule is C[C@@H](O)[C@](O)(Cc1ccc(O)cc1)C(=O)OCc1ccc(O[C@H]2O[C@@H](CO)[C@H](O)[C@@H](O)[C@@H]2O)cc1. The Morgan fingerprint density at radius 2 is 1.60 bits per heavy atom. The van der Waals surface area contributed by atoms with Crippen LogP contribution in [0.15, 0.2) is 48.5 Å². The first kappa shape index (κ1) is 26.8. The van der Waals surface area contributed by atoms with E-state index in [0.717, 1.165) is 0 Å². The van der Waals surface area contributed by atoms with Crippen molar-refractivity contribution in [1.82, 2.24) is 0 Å². The zero-order valence-electron chi connectivity index (χ0n) is 19.0. The third kappa shape index (κ3) is 6.27. The van der Waals surface area contributed by atoms with Gasteiger partial charge >= 0.3 is 5.97 Å². The van der Waals surface area contributed by atoms with Gasteiger partial charge in [0.15, 0.2) is 5.60 Å². The molecule has 0 amide bonds. The first-order valence-corrected chi connectivity index (χ1v) is 11.0. The summed E-state index contributed by atoms with van der Waals surface area (Å²) >= 11 is 0. The van der Waals surface area contributed by atoms with Crippen LogP contribution in [-0.2, 0) is 27.3 Å². The van der Waals surface area contributed by atoms with Gasteiger partial charge in [-0.2, -0.15) is 0 Å². The summed E-state index contributed by atoms with van der Waals surface area (Å²) in [5.74, 6) is -0.768. The largest absolute Gasteiger partial charge is 0.508 e. The van der Waals surface area contributed by atoms with Gasteiger partial charge in [-0.1, -0.05) is 24.3 Å². The topological polar surface area (TPSA) is 186 Å². The van der Waals surface area contributed by atoms with Gasteiger partial charge in [-0.05, 0) is 42.3 Å². The first-order valence-electron chi connectivity index (χ1n) is 11.0. The lowest BCUT2D eigenvalue weighted by molar-refractivity contribution is -0.277. The van der Waals surface area contributed by atoms with E-state index in [4.69, 9.17) is 14.2 Å². The van der Waals surface area contributed by atoms with E-state index in [-0.39, 0.29) is 24.5 Å². The van der Waals surface area contributed by atoms with Crippen LogP contribution in [0.3, 0.4) is 0 Å². The van der Waals surface area contributed by atoms with Crippen LogP contribution in [0.1, 0.15) is 18.1 Å². The van der Waals surface area contributed by atoms with E-state index >= 15 is 0 Å². The Morgan fingerprint density at radius 3 is 2.17 bits per heavy atom. The van der Waals surface area contributed by atoms with Crippen molar-refractivity contribution in [3.63, 3.8) is 0 Å². The van der Waals surface area contributed by atoms with Crippen LogP contribution in [0.25, 0.3) is 0 Å². The highest BCUT2D eigenvalue weighted by molar-refractivity contribution is 5.80. The number of esters is 1. The van der Waals surface area contributed by atoms with Crippen molar-refractivity contribution in [3.8, 4) is 11.5 Å². The van der Waals surface area contributed by atoms with Crippen LogP contribution < -0.4 is 4.74 Å². The molecule has 0 aromatic heterocycles. The van der Waals surface area contributed by atoms with Crippen molar-refractivity contribution in [2.75, 3.05) is 6.61 Å². The molecule has 35 heavy (non-hydrogen) atoms. The van der Waals surface area contributed by atoms with Gasteiger partial charge in [0.2, 0.25) is 6.29 Å². The Kier molecular flexibility index (Phi) is 8.67. The average Bonchev–Trinajstić information content (AvgIpc) is 2.84. The number of aromatic hydroxyl groups is 1. The second-order valence-electron chi connectivity index (χ2n) is 8.48. The number of carbonyl (C=O) groups excluding carboxylic acids is 1. The molecule has 0 aliphatic carbocycles. The van der Waals surface area contributed by atoms with E-state index in [1.54, 1.807) is 12.1 Å². The lowest BCUT2D eigenvalue weighted by atomic mass is 9.89. The molecule has 1 fully saturated rings. The zero-order valence-corrected chi connectivity index (χ0v) is 19.0. The van der Waals surface area contributed by atoms with Gasteiger partial charge in [0.1, 0.15) is 42.5 Å². The number of hydrogen-bond donors (Lipinski definition) is 7. The molecule has 0 spiro atoms. The second-order valence-corrected chi connectivity index (χ2v) is 8.48. The summed E-state index contributed by atoms with van der Waals surface area (Å²) in [6.07, 6.45) is -8.73. The number of aliphatic hydroxyl groups excluding tert-OH is 5. The van der Waals surface area contributed by atoms with Crippen molar-refractivity contribution in [2.45, 2.75) is 62.4 Å². The highest BCUT2D eigenvalue weighted by Gasteiger charge is 2.45. The summed E-state index contributed by atoms with van der Waals surface area (Å²) in [6.45, 7) is 0.470. The molecule has 1 aliphatic rings. The van der Waals surface area contributed by atoms with Gasteiger partial charge in [0.05, 0.1) is 12.7 Å². The maximum absolute atomic E-state index is 12.6. The normalized spacial score (nSPS) is 27.0. The monoisotopic (exact) mass is 494 g/mol. The van der Waals surface area contributed by atoms with Gasteiger partial charge in [-0.15, -0.1) is 0 Å². The number of ether oxygens (including phenoxy) is 3. The third-order valence-electron chi connectivity index (χ3n) is 5.85. The standard InChI is InChI=1S/C24H30O11/c1-13(26)24(32,10-14-2-6-16(27)7-3-14)23(31)33-12-15-4-8-17(9-5-15)34-22-21(30)20(29)19(28)18(11-25)35-22/h2-9,13,18-22,25-30,32H,10-12H2,1H3/t13-,18+,19+,20-,21+,22+,24-/m1/s1. The summed E-state index contributed by atoms with van der Waals surface area (Å²) in [7, 11) is 0. The molecule has 7 atom stereocenters. The minimum absolute atomic E-state index is 0.0240. The summed E-state index contributed by atoms with van der Waals surface area (Å²) in [4.78, 5) is 12.6. The van der Waals surface area contributed by atoms with Crippen molar-refractivity contribution in [2.24, 2.45) is 0 Å². The second kappa shape index (κ2) is 11.3. The fourth-order valence-corrected chi connectivity index (χ4v) is 3.55. The van der Waals surface area contributed by atoms with Gasteiger partial charge in [-0.25, -0.2) is 4.79 Å². The Bertz CT molecular complexity index is 960. The zero-order chi connectivity index (χ0) is 25.8. The number of aliphatic hydroxyl groups is 6. The molecule has 0 saturated carbocycles. The van der Waals surface area contributed by atoms with Crippen molar-refractivity contribution >= 4 is 5.97 Å². The molecule has 11 nitrogen and oxygen atoms in total. The quantitative estimate of drug-likeness (QED) is 0.211. The molecule has 0 radical (unpaired) electrons. The average molecular weight is 494 g/mol. The van der Waals surface area contributed by atoms with E-state index in [9.17, 15) is 40.5 Å². The molecular formula is C24H30O11. The van der Waals surface area contributed by atoms with E-state index in [1.807, 2.05) is 0 Å². The smallest absolute Gasteiger partial charge is 0.341 e. The van der Waals surface area contributed by atoms with Gasteiger partial charge in [-0.3, -0.25) is 0 Å². The lowest BCUT2D eigenvalue weighted by Crippen LogP contribution is -2.60. The summed E-state index contributed by atoms with van der Waals surface area (Å²) < 4.78 is 16.0. The maximum Gasteiger partial charge on any atom is 0.341 e. The molecule has 1 heterocycles. The lowest BCUT2D eigenvalue weighted by Gasteiger charge is -2.39.